The van der Waals surface area contributed by atoms with Crippen LogP contribution in [0.15, 0.2) is 225 Å². The Labute approximate surface area is 411 Å². The summed E-state index contributed by atoms with van der Waals surface area (Å²) in [5, 5.41) is 7.16. The molecule has 6 nitrogen and oxygen atoms in total. The first-order chi connectivity index (χ1) is 35.1. The van der Waals surface area contributed by atoms with Gasteiger partial charge in [0, 0.05) is 56.1 Å². The first-order valence-corrected chi connectivity index (χ1v) is 24.4. The topological polar surface area (TPSA) is 42.1 Å². The maximum absolute atomic E-state index is 5.50. The number of pyridine rings is 1. The van der Waals surface area contributed by atoms with Crippen molar-refractivity contribution in [3.05, 3.63) is 236 Å². The SMILES string of the molecule is Cc1cccc(C)c1-n1c(-c2ccc3c(c2)B2c4cc5c(cc4N(c4cccc6ccccc46)c4cccc(c42)N3c2cccc3ccccc23)c2ccccc2n5-c2ccccn2)nc2ccccc21. The second kappa shape index (κ2) is 15.2. The molecule has 2 aliphatic heterocycles. The molecule has 0 saturated heterocycles. The highest BCUT2D eigenvalue weighted by molar-refractivity contribution is 7.00. The van der Waals surface area contributed by atoms with Gasteiger partial charge in [-0.05, 0) is 131 Å². The average Bonchev–Trinajstić information content (AvgIpc) is 3.96. The normalized spacial score (nSPS) is 12.8. The van der Waals surface area contributed by atoms with Crippen LogP contribution < -0.4 is 26.2 Å². The molecule has 0 atom stereocenters. The van der Waals surface area contributed by atoms with Gasteiger partial charge < -0.3 is 9.80 Å². The second-order valence-electron chi connectivity index (χ2n) is 19.1. The molecule has 0 amide bonds. The third-order valence-corrected chi connectivity index (χ3v) is 15.2. The molecule has 7 heteroatoms. The van der Waals surface area contributed by atoms with Crippen LogP contribution in [0.2, 0.25) is 0 Å². The number of fused-ring (bicyclic) bond motifs is 10. The molecule has 2 aliphatic rings. The van der Waals surface area contributed by atoms with E-state index >= 15 is 0 Å². The molecule has 0 unspecified atom stereocenters. The van der Waals surface area contributed by atoms with Crippen molar-refractivity contribution in [1.29, 1.82) is 0 Å². The van der Waals surface area contributed by atoms with Gasteiger partial charge in [0.05, 0.1) is 39.1 Å². The molecule has 0 saturated carbocycles. The van der Waals surface area contributed by atoms with Crippen LogP contribution in [-0.2, 0) is 0 Å². The maximum Gasteiger partial charge on any atom is 0.252 e. The van der Waals surface area contributed by atoms with E-state index in [2.05, 4.69) is 245 Å². The van der Waals surface area contributed by atoms with E-state index in [-0.39, 0.29) is 6.71 Å². The van der Waals surface area contributed by atoms with Crippen molar-refractivity contribution in [3.63, 3.8) is 0 Å². The summed E-state index contributed by atoms with van der Waals surface area (Å²) in [5.41, 5.74) is 19.5. The fraction of sp³-hybridized carbons (Fsp3) is 0.0312. The van der Waals surface area contributed by atoms with Gasteiger partial charge in [0.1, 0.15) is 11.6 Å². The Kier molecular flexibility index (Phi) is 8.49. The highest BCUT2D eigenvalue weighted by atomic mass is 15.2. The predicted octanol–water partition coefficient (Wildman–Crippen LogP) is 14.2. The summed E-state index contributed by atoms with van der Waals surface area (Å²) >= 11 is 0. The molecule has 15 rings (SSSR count). The molecule has 0 radical (unpaired) electrons. The van der Waals surface area contributed by atoms with Crippen LogP contribution in [-0.4, -0.2) is 25.8 Å². The zero-order valence-corrected chi connectivity index (χ0v) is 39.1. The van der Waals surface area contributed by atoms with Gasteiger partial charge in [-0.3, -0.25) is 9.13 Å². The summed E-state index contributed by atoms with van der Waals surface area (Å²) in [5.74, 6) is 1.81. The van der Waals surface area contributed by atoms with Gasteiger partial charge in [0.25, 0.3) is 6.71 Å². The van der Waals surface area contributed by atoms with E-state index in [1.54, 1.807) is 0 Å². The Morgan fingerprint density at radius 1 is 0.394 bits per heavy atom. The van der Waals surface area contributed by atoms with Crippen LogP contribution in [0.3, 0.4) is 0 Å². The van der Waals surface area contributed by atoms with Crippen molar-refractivity contribution >= 4 is 112 Å². The van der Waals surface area contributed by atoms with Crippen molar-refractivity contribution in [2.45, 2.75) is 13.8 Å². The van der Waals surface area contributed by atoms with E-state index in [0.717, 1.165) is 79.1 Å². The molecule has 71 heavy (non-hydrogen) atoms. The Morgan fingerprint density at radius 3 is 1.69 bits per heavy atom. The lowest BCUT2D eigenvalue weighted by molar-refractivity contribution is 1.06. The molecule has 0 bridgehead atoms. The summed E-state index contributed by atoms with van der Waals surface area (Å²) in [6.45, 7) is 4.25. The molecule has 0 spiro atoms. The van der Waals surface area contributed by atoms with Gasteiger partial charge in [0.15, 0.2) is 0 Å². The first kappa shape index (κ1) is 39.8. The molecule has 0 aliphatic carbocycles. The highest BCUT2D eigenvalue weighted by Gasteiger charge is 2.44. The third-order valence-electron chi connectivity index (χ3n) is 15.2. The van der Waals surface area contributed by atoms with Crippen molar-refractivity contribution in [3.8, 4) is 22.9 Å². The van der Waals surface area contributed by atoms with Crippen LogP contribution >= 0.6 is 0 Å². The Bertz CT molecular complexity index is 4330. The van der Waals surface area contributed by atoms with Gasteiger partial charge in [-0.1, -0.05) is 140 Å². The minimum atomic E-state index is -0.166. The largest absolute Gasteiger partial charge is 0.311 e. The molecular formula is C64H43BN6. The summed E-state index contributed by atoms with van der Waals surface area (Å²) in [4.78, 5) is 15.6. The number of para-hydroxylation sites is 4. The second-order valence-corrected chi connectivity index (χ2v) is 19.1. The van der Waals surface area contributed by atoms with Crippen LogP contribution in [0, 0.1) is 13.8 Å². The quantitative estimate of drug-likeness (QED) is 0.161. The molecule has 13 aromatic rings. The first-order valence-electron chi connectivity index (χ1n) is 24.4. The molecule has 0 N–H and O–H groups in total. The van der Waals surface area contributed by atoms with Crippen LogP contribution in [0.1, 0.15) is 11.1 Å². The van der Waals surface area contributed by atoms with Gasteiger partial charge in [0.2, 0.25) is 0 Å². The maximum atomic E-state index is 5.50. The van der Waals surface area contributed by atoms with E-state index < -0.39 is 0 Å². The minimum absolute atomic E-state index is 0.166. The number of imidazole rings is 1. The van der Waals surface area contributed by atoms with Gasteiger partial charge in [-0.2, -0.15) is 0 Å². The summed E-state index contributed by atoms with van der Waals surface area (Å²) in [6, 6.07) is 80.1. The monoisotopic (exact) mass is 906 g/mol. The van der Waals surface area contributed by atoms with Crippen LogP contribution in [0.4, 0.5) is 34.1 Å². The zero-order chi connectivity index (χ0) is 46.9. The molecule has 0 fully saturated rings. The number of rotatable bonds is 5. The molecule has 3 aromatic heterocycles. The van der Waals surface area contributed by atoms with Crippen molar-refractivity contribution in [1.82, 2.24) is 19.1 Å². The number of hydrogen-bond donors (Lipinski definition) is 0. The number of aromatic nitrogens is 4. The number of benzene rings is 10. The number of aryl methyl sites for hydroxylation is 2. The van der Waals surface area contributed by atoms with E-state index in [4.69, 9.17) is 9.97 Å². The standard InChI is InChI=1S/C64H43BN6/c1-40-17-13-18-41(2)63(40)71-56-28-10-8-26-51(56)67-64(71)44-34-35-55-49(37-44)65-50-39-59-48(47-25-7-9-27-54(47)70(59)61-33-11-12-36-66-61)38-60(50)69(53-30-15-22-43-20-4-6-24-46(43)53)58-32-16-31-57(62(58)65)68(55)52-29-14-21-42-19-3-5-23-45(42)52/h3-39H,1-2H3. The van der Waals surface area contributed by atoms with Crippen LogP contribution in [0.5, 0.6) is 0 Å². The average molecular weight is 907 g/mol. The lowest BCUT2D eigenvalue weighted by atomic mass is 9.33. The van der Waals surface area contributed by atoms with E-state index in [1.807, 2.05) is 12.3 Å². The van der Waals surface area contributed by atoms with E-state index in [0.29, 0.717) is 0 Å². The third kappa shape index (κ3) is 5.72. The number of anilines is 6. The van der Waals surface area contributed by atoms with Gasteiger partial charge >= 0.3 is 0 Å². The zero-order valence-electron chi connectivity index (χ0n) is 39.1. The number of hydrogen-bond acceptors (Lipinski definition) is 4. The summed E-state index contributed by atoms with van der Waals surface area (Å²) < 4.78 is 4.74. The van der Waals surface area contributed by atoms with Gasteiger partial charge in [-0.15, -0.1) is 0 Å². The van der Waals surface area contributed by atoms with Crippen molar-refractivity contribution < 1.29 is 0 Å². The number of nitrogens with zero attached hydrogens (tertiary/aromatic N) is 6. The fourth-order valence-corrected chi connectivity index (χ4v) is 12.2. The lowest BCUT2D eigenvalue weighted by Crippen LogP contribution is -2.61. The molecule has 5 heterocycles. The summed E-state index contributed by atoms with van der Waals surface area (Å²) in [7, 11) is 0. The highest BCUT2D eigenvalue weighted by Crippen LogP contribution is 2.48. The predicted molar refractivity (Wildman–Crippen MR) is 297 cm³/mol. The van der Waals surface area contributed by atoms with Crippen molar-refractivity contribution in [2.24, 2.45) is 0 Å². The van der Waals surface area contributed by atoms with Gasteiger partial charge in [-0.25, -0.2) is 9.97 Å². The fourth-order valence-electron chi connectivity index (χ4n) is 12.2. The molecule has 332 valence electrons. The molecule has 10 aromatic carbocycles. The summed E-state index contributed by atoms with van der Waals surface area (Å²) in [6.07, 6.45) is 1.89. The lowest BCUT2D eigenvalue weighted by Gasteiger charge is -2.44. The van der Waals surface area contributed by atoms with E-state index in [1.165, 1.54) is 59.8 Å². The van der Waals surface area contributed by atoms with Crippen molar-refractivity contribution in [2.75, 3.05) is 9.80 Å². The van der Waals surface area contributed by atoms with E-state index in [9.17, 15) is 0 Å². The van der Waals surface area contributed by atoms with Crippen LogP contribution in [0.25, 0.3) is 77.3 Å². The Hall–Kier alpha value is -9.20. The molecular weight excluding hydrogens is 864 g/mol. The minimum Gasteiger partial charge on any atom is -0.311 e. The Balaban J connectivity index is 1.09. The smallest absolute Gasteiger partial charge is 0.252 e. The Morgan fingerprint density at radius 2 is 0.972 bits per heavy atom.